The number of rotatable bonds is 1. The van der Waals surface area contributed by atoms with Gasteiger partial charge in [-0.3, -0.25) is 0 Å². The fourth-order valence-electron chi connectivity index (χ4n) is 1.85. The Kier molecular flexibility index (Phi) is 2.39. The molecule has 2 atom stereocenters. The largest absolute Gasteiger partial charge is 0.439 e. The van der Waals surface area contributed by atoms with Crippen molar-refractivity contribution in [3.63, 3.8) is 0 Å². The molecule has 1 fully saturated rings. The summed E-state index contributed by atoms with van der Waals surface area (Å²) in [7, 11) is 1.77. The predicted octanol–water partition coefficient (Wildman–Crippen LogP) is 2.51. The second kappa shape index (κ2) is 3.57. The molecule has 1 saturated heterocycles. The van der Waals surface area contributed by atoms with Gasteiger partial charge in [0.05, 0.1) is 6.04 Å². The van der Waals surface area contributed by atoms with Crippen LogP contribution in [-0.2, 0) is 4.74 Å². The molecule has 1 aromatic rings. The summed E-state index contributed by atoms with van der Waals surface area (Å²) in [6.07, 6.45) is -0.378. The first-order chi connectivity index (χ1) is 7.09. The Bertz CT molecular complexity index is 389. The van der Waals surface area contributed by atoms with E-state index in [-0.39, 0.29) is 18.2 Å². The first kappa shape index (κ1) is 10.0. The van der Waals surface area contributed by atoms with Crippen LogP contribution in [0, 0.1) is 6.92 Å². The summed E-state index contributed by atoms with van der Waals surface area (Å²) >= 11 is 0. The van der Waals surface area contributed by atoms with E-state index in [4.69, 9.17) is 4.74 Å². The maximum absolute atomic E-state index is 11.4. The Hall–Kier alpha value is -1.51. The van der Waals surface area contributed by atoms with Gasteiger partial charge in [0.15, 0.2) is 0 Å². The molecule has 3 heteroatoms. The van der Waals surface area contributed by atoms with Crippen LogP contribution in [0.5, 0.6) is 0 Å². The predicted molar refractivity (Wildman–Crippen MR) is 57.6 cm³/mol. The molecule has 3 nitrogen and oxygen atoms in total. The van der Waals surface area contributed by atoms with Gasteiger partial charge in [0.2, 0.25) is 0 Å². The third-order valence-electron chi connectivity index (χ3n) is 2.94. The summed E-state index contributed by atoms with van der Waals surface area (Å²) in [5, 5.41) is 0. The molecule has 0 aromatic heterocycles. The summed E-state index contributed by atoms with van der Waals surface area (Å²) in [6.45, 7) is 4.03. The van der Waals surface area contributed by atoms with E-state index in [9.17, 15) is 4.79 Å². The summed E-state index contributed by atoms with van der Waals surface area (Å²) in [5.74, 6) is 0. The second-order valence-electron chi connectivity index (χ2n) is 4.07. The van der Waals surface area contributed by atoms with Gasteiger partial charge in [-0.25, -0.2) is 4.79 Å². The highest BCUT2D eigenvalue weighted by atomic mass is 16.6. The van der Waals surface area contributed by atoms with E-state index in [0.29, 0.717) is 0 Å². The fraction of sp³-hybridized carbons (Fsp3) is 0.417. The van der Waals surface area contributed by atoms with Crippen molar-refractivity contribution in [2.75, 3.05) is 7.05 Å². The third-order valence-corrected chi connectivity index (χ3v) is 2.94. The first-order valence-corrected chi connectivity index (χ1v) is 5.09. The normalized spacial score (nSPS) is 25.5. The molecule has 1 heterocycles. The van der Waals surface area contributed by atoms with Crippen LogP contribution in [0.15, 0.2) is 24.3 Å². The fourth-order valence-corrected chi connectivity index (χ4v) is 1.85. The second-order valence-corrected chi connectivity index (χ2v) is 4.07. The monoisotopic (exact) mass is 205 g/mol. The minimum Gasteiger partial charge on any atom is -0.439 e. The Morgan fingerprint density at radius 1 is 1.40 bits per heavy atom. The van der Waals surface area contributed by atoms with Crippen LogP contribution in [0.25, 0.3) is 0 Å². The molecular formula is C12H15NO2. The zero-order chi connectivity index (χ0) is 11.0. The minimum absolute atomic E-state index is 0.0966. The molecular weight excluding hydrogens is 190 g/mol. The molecule has 2 rings (SSSR count). The Labute approximate surface area is 89.7 Å². The van der Waals surface area contributed by atoms with E-state index in [0.717, 1.165) is 5.56 Å². The summed E-state index contributed by atoms with van der Waals surface area (Å²) in [5.41, 5.74) is 2.26. The number of carbonyl (C=O) groups excluding carboxylic acids is 1. The van der Waals surface area contributed by atoms with Crippen LogP contribution in [-0.4, -0.2) is 24.1 Å². The molecule has 0 aliphatic carbocycles. The molecule has 0 N–H and O–H groups in total. The van der Waals surface area contributed by atoms with Crippen LogP contribution in [0.1, 0.15) is 24.2 Å². The Morgan fingerprint density at radius 2 is 2.13 bits per heavy atom. The van der Waals surface area contributed by atoms with Gasteiger partial charge in [-0.2, -0.15) is 0 Å². The molecule has 15 heavy (non-hydrogen) atoms. The zero-order valence-corrected chi connectivity index (χ0v) is 9.23. The molecule has 2 unspecified atom stereocenters. The average molecular weight is 205 g/mol. The summed E-state index contributed by atoms with van der Waals surface area (Å²) in [4.78, 5) is 13.0. The van der Waals surface area contributed by atoms with Crippen LogP contribution in [0.2, 0.25) is 0 Å². The van der Waals surface area contributed by atoms with Crippen molar-refractivity contribution >= 4 is 6.09 Å². The number of benzene rings is 1. The molecule has 0 saturated carbocycles. The minimum atomic E-state index is -0.242. The van der Waals surface area contributed by atoms with Crippen LogP contribution >= 0.6 is 0 Å². The van der Waals surface area contributed by atoms with Gasteiger partial charge < -0.3 is 9.64 Å². The number of cyclic esters (lactones) is 1. The molecule has 0 spiro atoms. The standard InChI is InChI=1S/C12H15NO2/c1-8-5-4-6-10(7-8)11-9(2)13(3)12(14)15-11/h4-7,9,11H,1-3H3. The van der Waals surface area contributed by atoms with Crippen molar-refractivity contribution in [3.8, 4) is 0 Å². The van der Waals surface area contributed by atoms with Gasteiger partial charge >= 0.3 is 6.09 Å². The number of likely N-dealkylation sites (N-methyl/N-ethyl adjacent to an activating group) is 1. The van der Waals surface area contributed by atoms with Crippen molar-refractivity contribution in [2.45, 2.75) is 26.0 Å². The number of aryl methyl sites for hydroxylation is 1. The highest BCUT2D eigenvalue weighted by molar-refractivity contribution is 5.70. The maximum atomic E-state index is 11.4. The number of ether oxygens (including phenoxy) is 1. The molecule has 1 aliphatic heterocycles. The van der Waals surface area contributed by atoms with Gasteiger partial charge in [-0.15, -0.1) is 0 Å². The molecule has 1 aliphatic rings. The van der Waals surface area contributed by atoms with Crippen molar-refractivity contribution in [1.82, 2.24) is 4.90 Å². The van der Waals surface area contributed by atoms with Crippen LogP contribution in [0.3, 0.4) is 0 Å². The quantitative estimate of drug-likeness (QED) is 0.705. The highest BCUT2D eigenvalue weighted by Gasteiger charge is 2.36. The lowest BCUT2D eigenvalue weighted by molar-refractivity contribution is 0.131. The van der Waals surface area contributed by atoms with Gasteiger partial charge in [0, 0.05) is 7.05 Å². The lowest BCUT2D eigenvalue weighted by Gasteiger charge is -2.16. The van der Waals surface area contributed by atoms with E-state index >= 15 is 0 Å². The van der Waals surface area contributed by atoms with E-state index < -0.39 is 0 Å². The Balaban J connectivity index is 2.29. The lowest BCUT2D eigenvalue weighted by atomic mass is 10.0. The number of nitrogens with zero attached hydrogens (tertiary/aromatic N) is 1. The van der Waals surface area contributed by atoms with Crippen LogP contribution in [0.4, 0.5) is 4.79 Å². The van der Waals surface area contributed by atoms with Gasteiger partial charge in [0.1, 0.15) is 6.10 Å². The molecule has 80 valence electrons. The van der Waals surface area contributed by atoms with Gasteiger partial charge in [0.25, 0.3) is 0 Å². The van der Waals surface area contributed by atoms with Crippen molar-refractivity contribution in [3.05, 3.63) is 35.4 Å². The lowest BCUT2D eigenvalue weighted by Crippen LogP contribution is -2.27. The molecule has 1 amide bonds. The zero-order valence-electron chi connectivity index (χ0n) is 9.23. The topological polar surface area (TPSA) is 29.5 Å². The first-order valence-electron chi connectivity index (χ1n) is 5.09. The van der Waals surface area contributed by atoms with E-state index in [1.165, 1.54) is 5.56 Å². The van der Waals surface area contributed by atoms with E-state index in [1.54, 1.807) is 11.9 Å². The molecule has 1 aromatic carbocycles. The number of amides is 1. The summed E-state index contributed by atoms with van der Waals surface area (Å²) in [6, 6.07) is 8.19. The van der Waals surface area contributed by atoms with E-state index in [2.05, 4.69) is 6.07 Å². The van der Waals surface area contributed by atoms with E-state index in [1.807, 2.05) is 32.0 Å². The smallest absolute Gasteiger partial charge is 0.410 e. The summed E-state index contributed by atoms with van der Waals surface area (Å²) < 4.78 is 5.31. The SMILES string of the molecule is Cc1cccc(C2OC(=O)N(C)C2C)c1. The molecule has 0 bridgehead atoms. The van der Waals surface area contributed by atoms with Crippen molar-refractivity contribution in [2.24, 2.45) is 0 Å². The highest BCUT2D eigenvalue weighted by Crippen LogP contribution is 2.31. The number of carbonyl (C=O) groups is 1. The number of hydrogen-bond acceptors (Lipinski definition) is 2. The third kappa shape index (κ3) is 1.69. The Morgan fingerprint density at radius 3 is 2.67 bits per heavy atom. The van der Waals surface area contributed by atoms with Gasteiger partial charge in [-0.1, -0.05) is 29.8 Å². The maximum Gasteiger partial charge on any atom is 0.410 e. The average Bonchev–Trinajstić information content (AvgIpc) is 2.46. The van der Waals surface area contributed by atoms with Crippen LogP contribution < -0.4 is 0 Å². The van der Waals surface area contributed by atoms with Gasteiger partial charge in [-0.05, 0) is 19.4 Å². The number of hydrogen-bond donors (Lipinski definition) is 0. The molecule has 0 radical (unpaired) electrons. The van der Waals surface area contributed by atoms with Crippen molar-refractivity contribution < 1.29 is 9.53 Å². The van der Waals surface area contributed by atoms with Crippen molar-refractivity contribution in [1.29, 1.82) is 0 Å².